The van der Waals surface area contributed by atoms with E-state index in [0.717, 1.165) is 29.8 Å². The van der Waals surface area contributed by atoms with Gasteiger partial charge in [0.25, 0.3) is 0 Å². The molecule has 27 heavy (non-hydrogen) atoms. The molecule has 0 aliphatic rings. The maximum Gasteiger partial charge on any atom is 0.191 e. The van der Waals surface area contributed by atoms with Gasteiger partial charge in [-0.25, -0.2) is 4.98 Å². The monoisotopic (exact) mass is 498 g/mol. The highest BCUT2D eigenvalue weighted by Crippen LogP contribution is 2.22. The Morgan fingerprint density at radius 2 is 2.11 bits per heavy atom. The van der Waals surface area contributed by atoms with Crippen LogP contribution in [0.3, 0.4) is 0 Å². The Morgan fingerprint density at radius 3 is 2.81 bits per heavy atom. The van der Waals surface area contributed by atoms with E-state index < -0.39 is 0 Å². The summed E-state index contributed by atoms with van der Waals surface area (Å²) in [5.41, 5.74) is 4.86. The lowest BCUT2D eigenvalue weighted by molar-refractivity contribution is 0.787. The number of fused-ring (bicyclic) bond motifs is 1. The van der Waals surface area contributed by atoms with Gasteiger partial charge in [-0.3, -0.25) is 4.99 Å². The fourth-order valence-electron chi connectivity index (χ4n) is 2.94. The number of anilines is 1. The van der Waals surface area contributed by atoms with Crippen LogP contribution in [0.25, 0.3) is 10.9 Å². The molecule has 1 aromatic carbocycles. The molecule has 2 aromatic heterocycles. The van der Waals surface area contributed by atoms with E-state index in [4.69, 9.17) is 0 Å². The zero-order valence-electron chi connectivity index (χ0n) is 16.2. The van der Waals surface area contributed by atoms with Crippen molar-refractivity contribution in [2.24, 2.45) is 4.99 Å². The Bertz CT molecular complexity index is 899. The lowest BCUT2D eigenvalue weighted by atomic mass is 10.1. The third-order valence-corrected chi connectivity index (χ3v) is 5.32. The summed E-state index contributed by atoms with van der Waals surface area (Å²) in [7, 11) is 5.80. The highest BCUT2D eigenvalue weighted by Gasteiger charge is 2.07. The lowest BCUT2D eigenvalue weighted by Gasteiger charge is -2.11. The van der Waals surface area contributed by atoms with Crippen LogP contribution in [0.2, 0.25) is 0 Å². The number of rotatable bonds is 6. The molecule has 8 heteroatoms. The molecule has 3 rings (SSSR count). The Morgan fingerprint density at radius 1 is 1.30 bits per heavy atom. The minimum Gasteiger partial charge on any atom is -0.361 e. The van der Waals surface area contributed by atoms with Gasteiger partial charge >= 0.3 is 0 Å². The summed E-state index contributed by atoms with van der Waals surface area (Å²) in [6.45, 7) is 3.64. The molecule has 0 spiro atoms. The van der Waals surface area contributed by atoms with Crippen molar-refractivity contribution in [3.05, 3.63) is 46.6 Å². The highest BCUT2D eigenvalue weighted by atomic mass is 127. The number of H-pyrrole nitrogens is 1. The van der Waals surface area contributed by atoms with Crippen molar-refractivity contribution in [2.45, 2.75) is 19.9 Å². The minimum absolute atomic E-state index is 0. The van der Waals surface area contributed by atoms with Crippen LogP contribution in [-0.2, 0) is 13.0 Å². The Balaban J connectivity index is 0.00000261. The van der Waals surface area contributed by atoms with Crippen LogP contribution in [0.1, 0.15) is 16.8 Å². The molecule has 3 aromatic rings. The number of aromatic nitrogens is 2. The van der Waals surface area contributed by atoms with Gasteiger partial charge in [-0.2, -0.15) is 0 Å². The van der Waals surface area contributed by atoms with E-state index in [-0.39, 0.29) is 24.0 Å². The summed E-state index contributed by atoms with van der Waals surface area (Å²) in [5.74, 6) is 0.793. The summed E-state index contributed by atoms with van der Waals surface area (Å²) in [5, 5.41) is 11.1. The first-order chi connectivity index (χ1) is 12.6. The predicted octanol–water partition coefficient (Wildman–Crippen LogP) is 3.52. The van der Waals surface area contributed by atoms with Gasteiger partial charge in [0.05, 0.1) is 12.2 Å². The summed E-state index contributed by atoms with van der Waals surface area (Å²) in [6.07, 6.45) is 3.04. The third kappa shape index (κ3) is 5.35. The van der Waals surface area contributed by atoms with Gasteiger partial charge in [0, 0.05) is 50.2 Å². The molecular formula is C19H27IN6S. The molecule has 0 atom stereocenters. The van der Waals surface area contributed by atoms with Crippen LogP contribution in [0.15, 0.2) is 34.8 Å². The van der Waals surface area contributed by atoms with Crippen LogP contribution in [0.4, 0.5) is 5.13 Å². The predicted molar refractivity (Wildman–Crippen MR) is 127 cm³/mol. The molecule has 0 aliphatic carbocycles. The fourth-order valence-corrected chi connectivity index (χ4v) is 3.70. The van der Waals surface area contributed by atoms with Crippen molar-refractivity contribution in [2.75, 3.05) is 32.6 Å². The smallest absolute Gasteiger partial charge is 0.191 e. The van der Waals surface area contributed by atoms with Crippen molar-refractivity contribution in [1.82, 2.24) is 20.6 Å². The second kappa shape index (κ2) is 9.93. The average Bonchev–Trinajstić information content (AvgIpc) is 3.26. The lowest BCUT2D eigenvalue weighted by Crippen LogP contribution is -2.37. The van der Waals surface area contributed by atoms with E-state index in [2.05, 4.69) is 62.3 Å². The standard InChI is InChI=1S/C19H26N6S.HI/c1-13-6-5-7-16-17(13)14(10-22-16)8-9-21-18(20-2)23-11-15-12-26-19(24-15)25(3)4;/h5-7,10,12,22H,8-9,11H2,1-4H3,(H2,20,21,23);1H. The summed E-state index contributed by atoms with van der Waals surface area (Å²) >= 11 is 1.65. The molecule has 146 valence electrons. The van der Waals surface area contributed by atoms with E-state index in [1.807, 2.05) is 19.0 Å². The van der Waals surface area contributed by atoms with Gasteiger partial charge in [-0.1, -0.05) is 12.1 Å². The summed E-state index contributed by atoms with van der Waals surface area (Å²) < 4.78 is 0. The van der Waals surface area contributed by atoms with Crippen molar-refractivity contribution in [1.29, 1.82) is 0 Å². The number of nitrogens with one attached hydrogen (secondary N) is 3. The molecule has 0 fully saturated rings. The van der Waals surface area contributed by atoms with Gasteiger partial charge in [0.1, 0.15) is 0 Å². The molecule has 6 nitrogen and oxygen atoms in total. The normalized spacial score (nSPS) is 11.3. The fraction of sp³-hybridized carbons (Fsp3) is 0.368. The Labute approximate surface area is 181 Å². The van der Waals surface area contributed by atoms with E-state index in [1.165, 1.54) is 22.0 Å². The topological polar surface area (TPSA) is 68.3 Å². The Hall–Kier alpha value is -1.81. The second-order valence-corrected chi connectivity index (χ2v) is 7.27. The first kappa shape index (κ1) is 21.5. The summed E-state index contributed by atoms with van der Waals surface area (Å²) in [4.78, 5) is 14.2. The zero-order chi connectivity index (χ0) is 18.5. The second-order valence-electron chi connectivity index (χ2n) is 6.43. The molecule has 0 bridgehead atoms. The van der Waals surface area contributed by atoms with Gasteiger partial charge in [-0.15, -0.1) is 35.3 Å². The number of guanidine groups is 1. The molecule has 0 saturated carbocycles. The molecule has 0 unspecified atom stereocenters. The number of aryl methyl sites for hydroxylation is 1. The molecule has 0 aliphatic heterocycles. The minimum atomic E-state index is 0. The molecule has 0 amide bonds. The van der Waals surface area contributed by atoms with E-state index in [1.54, 1.807) is 18.4 Å². The van der Waals surface area contributed by atoms with Crippen LogP contribution < -0.4 is 15.5 Å². The first-order valence-corrected chi connectivity index (χ1v) is 9.58. The van der Waals surface area contributed by atoms with Crippen molar-refractivity contribution in [3.8, 4) is 0 Å². The first-order valence-electron chi connectivity index (χ1n) is 8.70. The maximum atomic E-state index is 4.58. The van der Waals surface area contributed by atoms with Gasteiger partial charge in [0.2, 0.25) is 0 Å². The molecule has 0 radical (unpaired) electrons. The van der Waals surface area contributed by atoms with Gasteiger partial charge in [0.15, 0.2) is 11.1 Å². The molecular weight excluding hydrogens is 471 g/mol. The number of halogens is 1. The average molecular weight is 498 g/mol. The van der Waals surface area contributed by atoms with Gasteiger partial charge in [-0.05, 0) is 30.5 Å². The van der Waals surface area contributed by atoms with E-state index >= 15 is 0 Å². The van der Waals surface area contributed by atoms with Gasteiger partial charge < -0.3 is 20.5 Å². The number of aliphatic imine (C=N–C) groups is 1. The zero-order valence-corrected chi connectivity index (χ0v) is 19.3. The third-order valence-electron chi connectivity index (χ3n) is 4.27. The number of nitrogens with zero attached hydrogens (tertiary/aromatic N) is 3. The largest absolute Gasteiger partial charge is 0.361 e. The van der Waals surface area contributed by atoms with Crippen molar-refractivity contribution in [3.63, 3.8) is 0 Å². The molecule has 3 N–H and O–H groups in total. The quantitative estimate of drug-likeness (QED) is 0.277. The van der Waals surface area contributed by atoms with Crippen molar-refractivity contribution >= 4 is 57.3 Å². The van der Waals surface area contributed by atoms with Crippen LogP contribution in [0.5, 0.6) is 0 Å². The summed E-state index contributed by atoms with van der Waals surface area (Å²) in [6, 6.07) is 6.36. The molecule has 2 heterocycles. The highest BCUT2D eigenvalue weighted by molar-refractivity contribution is 14.0. The van der Waals surface area contributed by atoms with E-state index in [9.17, 15) is 0 Å². The Kier molecular flexibility index (Phi) is 7.91. The maximum absolute atomic E-state index is 4.58. The van der Waals surface area contributed by atoms with Crippen LogP contribution in [-0.4, -0.2) is 43.6 Å². The SMILES string of the molecule is CN=C(NCCc1c[nH]c2cccc(C)c12)NCc1csc(N(C)C)n1.I. The van der Waals surface area contributed by atoms with E-state index in [0.29, 0.717) is 6.54 Å². The van der Waals surface area contributed by atoms with Crippen molar-refractivity contribution < 1.29 is 0 Å². The van der Waals surface area contributed by atoms with Crippen LogP contribution in [0, 0.1) is 6.92 Å². The number of hydrogen-bond donors (Lipinski definition) is 3. The number of hydrogen-bond acceptors (Lipinski definition) is 4. The molecule has 0 saturated heterocycles. The number of thiazole rings is 1. The van der Waals surface area contributed by atoms with Crippen LogP contribution >= 0.6 is 35.3 Å². The number of benzene rings is 1. The number of aromatic amines is 1.